The molecule has 6 heteroatoms. The Labute approximate surface area is 126 Å². The van der Waals surface area contributed by atoms with Crippen LogP contribution in [0.4, 0.5) is 0 Å². The highest BCUT2D eigenvalue weighted by molar-refractivity contribution is 7.89. The molecule has 21 heavy (non-hydrogen) atoms. The first-order valence-corrected chi connectivity index (χ1v) is 8.62. The first kappa shape index (κ1) is 16.4. The number of ether oxygens (including phenoxy) is 1. The van der Waals surface area contributed by atoms with E-state index in [4.69, 9.17) is 4.74 Å². The number of rotatable bonds is 5. The van der Waals surface area contributed by atoms with Crippen LogP contribution < -0.4 is 0 Å². The standard InChI is InChI=1S/C15H23NO4S/c1-12-5-6-13(10-17)8-15(12)21(18,19)16-7-3-4-14(9-16)11-20-2/h5-6,8,14,17H,3-4,7,9-11H2,1-2H3. The second kappa shape index (κ2) is 6.87. The van der Waals surface area contributed by atoms with E-state index in [1.807, 2.05) is 0 Å². The van der Waals surface area contributed by atoms with Crippen molar-refractivity contribution in [3.05, 3.63) is 29.3 Å². The van der Waals surface area contributed by atoms with Crippen LogP contribution in [0.1, 0.15) is 24.0 Å². The Morgan fingerprint density at radius 3 is 2.86 bits per heavy atom. The third-order valence-corrected chi connectivity index (χ3v) is 5.94. The molecular weight excluding hydrogens is 290 g/mol. The molecule has 0 spiro atoms. The van der Waals surface area contributed by atoms with E-state index in [9.17, 15) is 13.5 Å². The van der Waals surface area contributed by atoms with Gasteiger partial charge in [0.05, 0.1) is 18.1 Å². The summed E-state index contributed by atoms with van der Waals surface area (Å²) < 4.78 is 32.4. The third kappa shape index (κ3) is 3.63. The normalized spacial score (nSPS) is 20.6. The number of piperidine rings is 1. The zero-order valence-electron chi connectivity index (χ0n) is 12.6. The van der Waals surface area contributed by atoms with Gasteiger partial charge in [-0.25, -0.2) is 8.42 Å². The van der Waals surface area contributed by atoms with Gasteiger partial charge in [-0.1, -0.05) is 12.1 Å². The highest BCUT2D eigenvalue weighted by Crippen LogP contribution is 2.26. The van der Waals surface area contributed by atoms with Gasteiger partial charge in [0.25, 0.3) is 0 Å². The Bertz CT molecular complexity index is 583. The SMILES string of the molecule is COCC1CCCN(S(=O)(=O)c2cc(CO)ccc2C)C1. The van der Waals surface area contributed by atoms with Crippen molar-refractivity contribution >= 4 is 10.0 Å². The van der Waals surface area contributed by atoms with Gasteiger partial charge in [-0.2, -0.15) is 4.31 Å². The molecule has 1 saturated heterocycles. The van der Waals surface area contributed by atoms with Crippen LogP contribution >= 0.6 is 0 Å². The summed E-state index contributed by atoms with van der Waals surface area (Å²) in [5.74, 6) is 0.250. The molecule has 118 valence electrons. The number of hydrogen-bond acceptors (Lipinski definition) is 4. The van der Waals surface area contributed by atoms with Crippen LogP contribution in [0.2, 0.25) is 0 Å². The van der Waals surface area contributed by atoms with E-state index in [1.165, 1.54) is 0 Å². The van der Waals surface area contributed by atoms with E-state index in [2.05, 4.69) is 0 Å². The molecule has 0 bridgehead atoms. The lowest BCUT2D eigenvalue weighted by Crippen LogP contribution is -2.41. The average molecular weight is 313 g/mol. The Balaban J connectivity index is 2.29. The van der Waals surface area contributed by atoms with E-state index in [0.29, 0.717) is 35.7 Å². The molecule has 0 aromatic heterocycles. The van der Waals surface area contributed by atoms with E-state index < -0.39 is 10.0 Å². The van der Waals surface area contributed by atoms with Crippen molar-refractivity contribution in [2.45, 2.75) is 31.3 Å². The number of nitrogens with zero attached hydrogens (tertiary/aromatic N) is 1. The van der Waals surface area contributed by atoms with Crippen molar-refractivity contribution in [2.75, 3.05) is 26.8 Å². The minimum atomic E-state index is -3.51. The van der Waals surface area contributed by atoms with Crippen molar-refractivity contribution in [2.24, 2.45) is 5.92 Å². The summed E-state index contributed by atoms with van der Waals surface area (Å²) in [5, 5.41) is 9.22. The van der Waals surface area contributed by atoms with Gasteiger partial charge in [0.2, 0.25) is 10.0 Å². The monoisotopic (exact) mass is 313 g/mol. The van der Waals surface area contributed by atoms with Crippen molar-refractivity contribution in [3.8, 4) is 0 Å². The van der Waals surface area contributed by atoms with Gasteiger partial charge in [0, 0.05) is 20.2 Å². The number of aliphatic hydroxyl groups excluding tert-OH is 1. The summed E-state index contributed by atoms with van der Waals surface area (Å²) in [5.41, 5.74) is 1.32. The fourth-order valence-corrected chi connectivity index (χ4v) is 4.61. The fraction of sp³-hybridized carbons (Fsp3) is 0.600. The molecule has 0 saturated carbocycles. The number of sulfonamides is 1. The summed E-state index contributed by atoms with van der Waals surface area (Å²) in [7, 11) is -1.87. The van der Waals surface area contributed by atoms with Gasteiger partial charge >= 0.3 is 0 Å². The molecule has 0 amide bonds. The van der Waals surface area contributed by atoms with Gasteiger partial charge in [-0.05, 0) is 42.9 Å². The van der Waals surface area contributed by atoms with Crippen LogP contribution in [0.5, 0.6) is 0 Å². The Morgan fingerprint density at radius 2 is 2.19 bits per heavy atom. The summed E-state index contributed by atoms with van der Waals surface area (Å²) in [4.78, 5) is 0.298. The molecule has 1 atom stereocenters. The highest BCUT2D eigenvalue weighted by atomic mass is 32.2. The van der Waals surface area contributed by atoms with Crippen molar-refractivity contribution in [3.63, 3.8) is 0 Å². The topological polar surface area (TPSA) is 66.8 Å². The van der Waals surface area contributed by atoms with Crippen LogP contribution in [0.25, 0.3) is 0 Å². The zero-order chi connectivity index (χ0) is 15.5. The maximum atomic E-state index is 12.8. The van der Waals surface area contributed by atoms with E-state index in [1.54, 1.807) is 36.5 Å². The first-order valence-electron chi connectivity index (χ1n) is 7.18. The van der Waals surface area contributed by atoms with Crippen molar-refractivity contribution in [1.29, 1.82) is 0 Å². The lowest BCUT2D eigenvalue weighted by Gasteiger charge is -2.32. The molecule has 1 aromatic rings. The van der Waals surface area contributed by atoms with Crippen LogP contribution in [-0.2, 0) is 21.4 Å². The molecule has 1 fully saturated rings. The molecule has 1 aromatic carbocycles. The summed E-state index contributed by atoms with van der Waals surface area (Å²) in [6, 6.07) is 5.07. The molecular formula is C15H23NO4S. The Kier molecular flexibility index (Phi) is 5.37. The van der Waals surface area contributed by atoms with Gasteiger partial charge in [0.15, 0.2) is 0 Å². The van der Waals surface area contributed by atoms with Gasteiger partial charge in [-0.3, -0.25) is 0 Å². The Morgan fingerprint density at radius 1 is 1.43 bits per heavy atom. The van der Waals surface area contributed by atoms with E-state index in [-0.39, 0.29) is 12.5 Å². The number of methoxy groups -OCH3 is 1. The molecule has 2 rings (SSSR count). The predicted molar refractivity (Wildman–Crippen MR) is 80.5 cm³/mol. The first-order chi connectivity index (χ1) is 9.98. The highest BCUT2D eigenvalue weighted by Gasteiger charge is 2.31. The minimum absolute atomic E-state index is 0.158. The van der Waals surface area contributed by atoms with Crippen LogP contribution in [-0.4, -0.2) is 44.6 Å². The smallest absolute Gasteiger partial charge is 0.243 e. The number of benzene rings is 1. The lowest BCUT2D eigenvalue weighted by atomic mass is 10.0. The predicted octanol–water partition coefficient (Wildman–Crippen LogP) is 1.53. The van der Waals surface area contributed by atoms with Gasteiger partial charge < -0.3 is 9.84 Å². The average Bonchev–Trinajstić information content (AvgIpc) is 2.48. The Hall–Kier alpha value is -0.950. The second-order valence-electron chi connectivity index (χ2n) is 5.58. The summed E-state index contributed by atoms with van der Waals surface area (Å²) in [6.45, 7) is 3.26. The maximum absolute atomic E-state index is 12.8. The van der Waals surface area contributed by atoms with Crippen molar-refractivity contribution in [1.82, 2.24) is 4.31 Å². The van der Waals surface area contributed by atoms with Crippen LogP contribution in [0, 0.1) is 12.8 Å². The summed E-state index contributed by atoms with van der Waals surface area (Å²) in [6.07, 6.45) is 1.85. The number of aliphatic hydroxyl groups is 1. The zero-order valence-corrected chi connectivity index (χ0v) is 13.4. The van der Waals surface area contributed by atoms with Crippen LogP contribution in [0.3, 0.4) is 0 Å². The van der Waals surface area contributed by atoms with Gasteiger partial charge in [0.1, 0.15) is 0 Å². The van der Waals surface area contributed by atoms with Gasteiger partial charge in [-0.15, -0.1) is 0 Å². The van der Waals surface area contributed by atoms with E-state index >= 15 is 0 Å². The fourth-order valence-electron chi connectivity index (χ4n) is 2.78. The van der Waals surface area contributed by atoms with Crippen molar-refractivity contribution < 1.29 is 18.3 Å². The molecule has 1 aliphatic rings. The second-order valence-corrected chi connectivity index (χ2v) is 7.49. The summed E-state index contributed by atoms with van der Waals surface area (Å²) >= 11 is 0. The van der Waals surface area contributed by atoms with Crippen LogP contribution in [0.15, 0.2) is 23.1 Å². The maximum Gasteiger partial charge on any atom is 0.243 e. The molecule has 0 aliphatic carbocycles. The molecule has 0 radical (unpaired) electrons. The van der Waals surface area contributed by atoms with E-state index in [0.717, 1.165) is 12.8 Å². The molecule has 1 heterocycles. The largest absolute Gasteiger partial charge is 0.392 e. The number of hydrogen-bond donors (Lipinski definition) is 1. The molecule has 5 nitrogen and oxygen atoms in total. The number of aryl methyl sites for hydroxylation is 1. The quantitative estimate of drug-likeness (QED) is 0.895. The lowest BCUT2D eigenvalue weighted by molar-refractivity contribution is 0.118. The molecule has 1 N–H and O–H groups in total. The molecule has 1 aliphatic heterocycles. The molecule has 1 unspecified atom stereocenters. The minimum Gasteiger partial charge on any atom is -0.392 e. The third-order valence-electron chi connectivity index (χ3n) is 3.94.